The molecule has 0 radical (unpaired) electrons. The van der Waals surface area contributed by atoms with Gasteiger partial charge in [-0.3, -0.25) is 0 Å². The largest absolute Gasteiger partial charge is 0.398 e. The van der Waals surface area contributed by atoms with Crippen LogP contribution in [0.1, 0.15) is 5.56 Å². The lowest BCUT2D eigenvalue weighted by Crippen LogP contribution is -2.00. The van der Waals surface area contributed by atoms with Gasteiger partial charge in [0.05, 0.1) is 10.7 Å². The molecule has 0 fully saturated rings. The van der Waals surface area contributed by atoms with E-state index in [1.165, 1.54) is 0 Å². The molecule has 0 spiro atoms. The number of nitrogens with zero attached hydrogens (tertiary/aromatic N) is 1. The fourth-order valence-corrected chi connectivity index (χ4v) is 1.64. The highest BCUT2D eigenvalue weighted by Crippen LogP contribution is 2.29. The van der Waals surface area contributed by atoms with E-state index in [1.54, 1.807) is 19.2 Å². The molecule has 3 N–H and O–H groups in total. The Balaban J connectivity index is 2.37. The van der Waals surface area contributed by atoms with Gasteiger partial charge >= 0.3 is 0 Å². The Morgan fingerprint density at radius 3 is 2.61 bits per heavy atom. The van der Waals surface area contributed by atoms with Gasteiger partial charge in [0.2, 0.25) is 0 Å². The van der Waals surface area contributed by atoms with Crippen LogP contribution in [0.25, 0.3) is 0 Å². The molecule has 0 aliphatic heterocycles. The SMILES string of the molecule is Cc1cnc(Nc2c(F)cc(F)cc2Cl)cc1N. The number of nitrogens with one attached hydrogen (secondary N) is 1. The molecule has 0 atom stereocenters. The lowest BCUT2D eigenvalue weighted by atomic mass is 10.2. The number of aryl methyl sites for hydroxylation is 1. The van der Waals surface area contributed by atoms with Gasteiger partial charge in [0.25, 0.3) is 0 Å². The molecule has 94 valence electrons. The predicted molar refractivity (Wildman–Crippen MR) is 68.0 cm³/mol. The maximum atomic E-state index is 13.5. The summed E-state index contributed by atoms with van der Waals surface area (Å²) in [6.07, 6.45) is 1.55. The third-order valence-electron chi connectivity index (χ3n) is 2.40. The average molecular weight is 270 g/mol. The average Bonchev–Trinajstić information content (AvgIpc) is 2.28. The summed E-state index contributed by atoms with van der Waals surface area (Å²) in [6, 6.07) is 3.31. The highest BCUT2D eigenvalue weighted by atomic mass is 35.5. The van der Waals surface area contributed by atoms with Crippen LogP contribution in [0.4, 0.5) is 26.0 Å². The standard InChI is InChI=1S/C12H10ClF2N3/c1-6-5-17-11(4-10(6)16)18-12-8(13)2-7(14)3-9(12)15/h2-5H,1H3,(H3,16,17,18). The summed E-state index contributed by atoms with van der Waals surface area (Å²) in [6.45, 7) is 1.80. The number of aromatic nitrogens is 1. The second kappa shape index (κ2) is 4.78. The van der Waals surface area contributed by atoms with Crippen molar-refractivity contribution in [1.29, 1.82) is 0 Å². The Morgan fingerprint density at radius 2 is 2.00 bits per heavy atom. The molecule has 2 rings (SSSR count). The fraction of sp³-hybridized carbons (Fsp3) is 0.0833. The molecule has 1 aromatic carbocycles. The van der Waals surface area contributed by atoms with Crippen LogP contribution in [0, 0.1) is 18.6 Å². The van der Waals surface area contributed by atoms with Crippen molar-refractivity contribution >= 4 is 28.8 Å². The first kappa shape index (κ1) is 12.6. The van der Waals surface area contributed by atoms with Crippen LogP contribution in [0.15, 0.2) is 24.4 Å². The Labute approximate surface area is 108 Å². The molecular weight excluding hydrogens is 260 g/mol. The molecule has 1 aromatic heterocycles. The molecule has 18 heavy (non-hydrogen) atoms. The van der Waals surface area contributed by atoms with Crippen LogP contribution in [0.5, 0.6) is 0 Å². The van der Waals surface area contributed by atoms with Crippen LogP contribution in [0.2, 0.25) is 5.02 Å². The molecular formula is C12H10ClF2N3. The molecule has 0 amide bonds. The topological polar surface area (TPSA) is 50.9 Å². The number of anilines is 3. The smallest absolute Gasteiger partial charge is 0.151 e. The number of hydrogen-bond donors (Lipinski definition) is 2. The van der Waals surface area contributed by atoms with E-state index >= 15 is 0 Å². The number of benzene rings is 1. The van der Waals surface area contributed by atoms with Crippen LogP contribution < -0.4 is 11.1 Å². The van der Waals surface area contributed by atoms with E-state index in [9.17, 15) is 8.78 Å². The van der Waals surface area contributed by atoms with Gasteiger partial charge in [0.1, 0.15) is 11.6 Å². The van der Waals surface area contributed by atoms with Gasteiger partial charge in [-0.05, 0) is 18.6 Å². The first-order valence-electron chi connectivity index (χ1n) is 5.11. The number of hydrogen-bond acceptors (Lipinski definition) is 3. The van der Waals surface area contributed by atoms with E-state index in [2.05, 4.69) is 10.3 Å². The van der Waals surface area contributed by atoms with E-state index in [4.69, 9.17) is 17.3 Å². The molecule has 0 aliphatic carbocycles. The third-order valence-corrected chi connectivity index (χ3v) is 2.70. The van der Waals surface area contributed by atoms with Gasteiger partial charge < -0.3 is 11.1 Å². The van der Waals surface area contributed by atoms with Crippen molar-refractivity contribution in [2.75, 3.05) is 11.1 Å². The molecule has 0 unspecified atom stereocenters. The zero-order chi connectivity index (χ0) is 13.3. The van der Waals surface area contributed by atoms with Crippen molar-refractivity contribution in [2.45, 2.75) is 6.92 Å². The van der Waals surface area contributed by atoms with Gasteiger partial charge in [-0.15, -0.1) is 0 Å². The highest BCUT2D eigenvalue weighted by Gasteiger charge is 2.11. The van der Waals surface area contributed by atoms with Crippen molar-refractivity contribution in [2.24, 2.45) is 0 Å². The Bertz CT molecular complexity index is 579. The zero-order valence-corrected chi connectivity index (χ0v) is 10.2. The van der Waals surface area contributed by atoms with E-state index in [1.807, 2.05) is 0 Å². The van der Waals surface area contributed by atoms with Crippen molar-refractivity contribution < 1.29 is 8.78 Å². The summed E-state index contributed by atoms with van der Waals surface area (Å²) in [5.74, 6) is -1.19. The number of nitrogen functional groups attached to an aromatic ring is 1. The summed E-state index contributed by atoms with van der Waals surface area (Å²) < 4.78 is 26.4. The van der Waals surface area contributed by atoms with E-state index < -0.39 is 11.6 Å². The van der Waals surface area contributed by atoms with Crippen molar-refractivity contribution in [3.8, 4) is 0 Å². The van der Waals surface area contributed by atoms with E-state index in [0.29, 0.717) is 11.5 Å². The molecule has 0 saturated carbocycles. The molecule has 1 heterocycles. The zero-order valence-electron chi connectivity index (χ0n) is 9.47. The second-order valence-electron chi connectivity index (χ2n) is 3.80. The Morgan fingerprint density at radius 1 is 1.28 bits per heavy atom. The molecule has 0 bridgehead atoms. The number of rotatable bonds is 2. The van der Waals surface area contributed by atoms with Gasteiger partial charge in [-0.1, -0.05) is 11.6 Å². The molecule has 0 aliphatic rings. The summed E-state index contributed by atoms with van der Waals surface area (Å²) in [5.41, 5.74) is 7.01. The quantitative estimate of drug-likeness (QED) is 0.875. The molecule has 6 heteroatoms. The lowest BCUT2D eigenvalue weighted by molar-refractivity contribution is 0.586. The summed E-state index contributed by atoms with van der Waals surface area (Å²) in [4.78, 5) is 4.03. The number of nitrogens with two attached hydrogens (primary N) is 1. The van der Waals surface area contributed by atoms with Crippen LogP contribution in [-0.4, -0.2) is 4.98 Å². The fourth-order valence-electron chi connectivity index (χ4n) is 1.40. The molecule has 0 saturated heterocycles. The van der Waals surface area contributed by atoms with Gasteiger partial charge in [0, 0.05) is 24.0 Å². The summed E-state index contributed by atoms with van der Waals surface area (Å²) >= 11 is 5.75. The number of pyridine rings is 1. The van der Waals surface area contributed by atoms with Crippen LogP contribution in [0.3, 0.4) is 0 Å². The Kier molecular flexibility index (Phi) is 3.34. The minimum absolute atomic E-state index is 0.0335. The first-order valence-corrected chi connectivity index (χ1v) is 5.49. The normalized spacial score (nSPS) is 10.4. The minimum atomic E-state index is -0.791. The maximum Gasteiger partial charge on any atom is 0.151 e. The predicted octanol–water partition coefficient (Wildman–Crippen LogP) is 3.65. The number of halogens is 3. The van der Waals surface area contributed by atoms with Crippen LogP contribution >= 0.6 is 11.6 Å². The molecule has 3 nitrogen and oxygen atoms in total. The van der Waals surface area contributed by atoms with Gasteiger partial charge in [-0.25, -0.2) is 13.8 Å². The van der Waals surface area contributed by atoms with Crippen molar-refractivity contribution in [3.63, 3.8) is 0 Å². The van der Waals surface area contributed by atoms with E-state index in [0.717, 1.165) is 17.7 Å². The van der Waals surface area contributed by atoms with Crippen LogP contribution in [-0.2, 0) is 0 Å². The van der Waals surface area contributed by atoms with Gasteiger partial charge in [-0.2, -0.15) is 0 Å². The summed E-state index contributed by atoms with van der Waals surface area (Å²) in [7, 11) is 0. The van der Waals surface area contributed by atoms with E-state index in [-0.39, 0.29) is 10.7 Å². The summed E-state index contributed by atoms with van der Waals surface area (Å²) in [5, 5.41) is 2.61. The Hall–Kier alpha value is -1.88. The third kappa shape index (κ3) is 2.51. The highest BCUT2D eigenvalue weighted by molar-refractivity contribution is 6.33. The monoisotopic (exact) mass is 269 g/mol. The minimum Gasteiger partial charge on any atom is -0.398 e. The lowest BCUT2D eigenvalue weighted by Gasteiger charge is -2.10. The second-order valence-corrected chi connectivity index (χ2v) is 4.20. The maximum absolute atomic E-state index is 13.5. The van der Waals surface area contributed by atoms with Crippen molar-refractivity contribution in [3.05, 3.63) is 46.6 Å². The first-order chi connectivity index (χ1) is 8.47. The van der Waals surface area contributed by atoms with Crippen molar-refractivity contribution in [1.82, 2.24) is 4.98 Å². The van der Waals surface area contributed by atoms with Gasteiger partial charge in [0.15, 0.2) is 5.82 Å². The molecule has 2 aromatic rings.